The summed E-state index contributed by atoms with van der Waals surface area (Å²) in [6.07, 6.45) is 0. The Balaban J connectivity index is 2.87. The third kappa shape index (κ3) is 1.61. The minimum absolute atomic E-state index is 0.0642. The van der Waals surface area contributed by atoms with Crippen LogP contribution in [0.2, 0.25) is 0 Å². The Labute approximate surface area is 108 Å². The number of hydrogen-bond donors (Lipinski definition) is 1. The summed E-state index contributed by atoms with van der Waals surface area (Å²) in [4.78, 5) is 12.3. The number of nitrogens with zero attached hydrogens (tertiary/aromatic N) is 2. The van der Waals surface area contributed by atoms with Gasteiger partial charge in [-0.1, -0.05) is 47.6 Å². The first-order valence-electron chi connectivity index (χ1n) is 5.93. The maximum absolute atomic E-state index is 12.3. The van der Waals surface area contributed by atoms with Crippen molar-refractivity contribution in [2.45, 2.75) is 0 Å². The Morgan fingerprint density at radius 2 is 1.53 bits per heavy atom. The lowest BCUT2D eigenvalue weighted by molar-refractivity contribution is 0.301. The molecule has 0 saturated carbocycles. The van der Waals surface area contributed by atoms with Crippen LogP contribution in [0.4, 0.5) is 0 Å². The van der Waals surface area contributed by atoms with Gasteiger partial charge in [-0.15, -0.1) is 0 Å². The van der Waals surface area contributed by atoms with Gasteiger partial charge < -0.3 is 9.77 Å². The van der Waals surface area contributed by atoms with Gasteiger partial charge in [0.15, 0.2) is 5.36 Å². The van der Waals surface area contributed by atoms with Crippen LogP contribution in [0.3, 0.4) is 0 Å². The predicted octanol–water partition coefficient (Wildman–Crippen LogP) is 1.98. The van der Waals surface area contributed by atoms with Crippen LogP contribution in [-0.4, -0.2) is 9.77 Å². The minimum Gasteiger partial charge on any atom is -0.410 e. The lowest BCUT2D eigenvalue weighted by Crippen LogP contribution is -2.31. The molecule has 0 saturated heterocycles. The van der Waals surface area contributed by atoms with E-state index in [1.54, 1.807) is 13.1 Å². The van der Waals surface area contributed by atoms with Crippen molar-refractivity contribution in [3.8, 4) is 0 Å². The molecule has 0 unspecified atom stereocenters. The number of aromatic nitrogens is 1. The first kappa shape index (κ1) is 11.5. The van der Waals surface area contributed by atoms with Crippen molar-refractivity contribution in [1.82, 2.24) is 4.57 Å². The average Bonchev–Trinajstić information content (AvgIpc) is 2.55. The lowest BCUT2D eigenvalue weighted by atomic mass is 10.1. The summed E-state index contributed by atoms with van der Waals surface area (Å²) in [5.41, 5.74) is 0.485. The smallest absolute Gasteiger partial charge is 0.280 e. The van der Waals surface area contributed by atoms with E-state index in [4.69, 9.17) is 0 Å². The van der Waals surface area contributed by atoms with Crippen molar-refractivity contribution in [2.24, 2.45) is 12.2 Å². The average molecular weight is 252 g/mol. The van der Waals surface area contributed by atoms with Gasteiger partial charge in [-0.25, -0.2) is 0 Å². The van der Waals surface area contributed by atoms with E-state index in [-0.39, 0.29) is 10.9 Å². The van der Waals surface area contributed by atoms with Crippen LogP contribution >= 0.6 is 0 Å². The summed E-state index contributed by atoms with van der Waals surface area (Å²) in [6.45, 7) is 0. The molecule has 3 aromatic rings. The van der Waals surface area contributed by atoms with Gasteiger partial charge in [0.25, 0.3) is 5.56 Å². The fourth-order valence-corrected chi connectivity index (χ4v) is 2.40. The van der Waals surface area contributed by atoms with Crippen LogP contribution in [0.25, 0.3) is 21.7 Å². The van der Waals surface area contributed by atoms with Crippen molar-refractivity contribution >= 4 is 21.7 Å². The van der Waals surface area contributed by atoms with Gasteiger partial charge in [-0.05, 0) is 11.5 Å². The number of aryl methyl sites for hydroxylation is 1. The summed E-state index contributed by atoms with van der Waals surface area (Å²) in [6, 6.07) is 15.1. The summed E-state index contributed by atoms with van der Waals surface area (Å²) >= 11 is 0. The molecule has 1 aromatic heterocycles. The summed E-state index contributed by atoms with van der Waals surface area (Å²) < 4.78 is 1.50. The van der Waals surface area contributed by atoms with Crippen molar-refractivity contribution in [3.63, 3.8) is 0 Å². The largest absolute Gasteiger partial charge is 0.410 e. The van der Waals surface area contributed by atoms with E-state index in [1.807, 2.05) is 42.5 Å². The van der Waals surface area contributed by atoms with E-state index in [9.17, 15) is 10.0 Å². The Bertz CT molecular complexity index is 911. The van der Waals surface area contributed by atoms with E-state index >= 15 is 0 Å². The van der Waals surface area contributed by atoms with Crippen molar-refractivity contribution < 1.29 is 5.21 Å². The number of para-hydroxylation sites is 1. The topological polar surface area (TPSA) is 54.6 Å². The molecule has 0 atom stereocenters. The van der Waals surface area contributed by atoms with Crippen molar-refractivity contribution in [1.29, 1.82) is 0 Å². The van der Waals surface area contributed by atoms with Gasteiger partial charge in [0, 0.05) is 17.8 Å². The van der Waals surface area contributed by atoms with Gasteiger partial charge in [0.05, 0.1) is 5.52 Å². The van der Waals surface area contributed by atoms with Crippen LogP contribution < -0.4 is 10.9 Å². The second kappa shape index (κ2) is 4.24. The third-order valence-corrected chi connectivity index (χ3v) is 3.34. The molecule has 0 aliphatic heterocycles. The molecule has 0 radical (unpaired) electrons. The van der Waals surface area contributed by atoms with Gasteiger partial charge in [0.1, 0.15) is 0 Å². The monoisotopic (exact) mass is 252 g/mol. The Morgan fingerprint density at radius 3 is 2.21 bits per heavy atom. The molecule has 0 fully saturated rings. The predicted molar refractivity (Wildman–Crippen MR) is 74.0 cm³/mol. The van der Waals surface area contributed by atoms with Gasteiger partial charge in [-0.3, -0.25) is 4.79 Å². The molecule has 4 heteroatoms. The lowest BCUT2D eigenvalue weighted by Gasteiger charge is -1.99. The zero-order valence-electron chi connectivity index (χ0n) is 10.4. The van der Waals surface area contributed by atoms with Crippen molar-refractivity contribution in [3.05, 3.63) is 64.2 Å². The SMILES string of the molecule is Cn1c(=O)c(=NO)c2ccccc2c2ccccc21. The normalized spacial score (nSPS) is 12.2. The quantitative estimate of drug-likeness (QED) is 0.491. The highest BCUT2D eigenvalue weighted by Gasteiger charge is 2.06. The first-order chi connectivity index (χ1) is 9.24. The Morgan fingerprint density at radius 1 is 0.947 bits per heavy atom. The van der Waals surface area contributed by atoms with Crippen LogP contribution in [0, 0.1) is 0 Å². The molecule has 1 N–H and O–H groups in total. The summed E-state index contributed by atoms with van der Waals surface area (Å²) in [5.74, 6) is 0. The molecule has 0 amide bonds. The highest BCUT2D eigenvalue weighted by molar-refractivity contribution is 6.04. The van der Waals surface area contributed by atoms with E-state index in [2.05, 4.69) is 5.16 Å². The van der Waals surface area contributed by atoms with E-state index in [0.717, 1.165) is 16.3 Å². The fraction of sp³-hybridized carbons (Fsp3) is 0.0667. The molecule has 0 bridgehead atoms. The molecule has 2 aromatic carbocycles. The molecule has 4 nitrogen and oxygen atoms in total. The number of fused-ring (bicyclic) bond motifs is 3. The van der Waals surface area contributed by atoms with Crippen molar-refractivity contribution in [2.75, 3.05) is 0 Å². The first-order valence-corrected chi connectivity index (χ1v) is 5.93. The number of benzene rings is 2. The Hall–Kier alpha value is -2.62. The van der Waals surface area contributed by atoms with Crippen LogP contribution in [0.15, 0.2) is 58.5 Å². The zero-order valence-corrected chi connectivity index (χ0v) is 10.4. The van der Waals surface area contributed by atoms with Crippen LogP contribution in [-0.2, 0) is 7.05 Å². The zero-order chi connectivity index (χ0) is 13.4. The number of hydrogen-bond acceptors (Lipinski definition) is 3. The standard InChI is InChI=1S/C15H12N2O2/c1-17-13-9-5-4-7-11(13)10-6-2-3-8-12(10)14(16-19)15(17)18/h2-9,19H,1H3. The molecule has 0 aliphatic rings. The molecule has 0 aliphatic carbocycles. The van der Waals surface area contributed by atoms with Gasteiger partial charge >= 0.3 is 0 Å². The molecule has 19 heavy (non-hydrogen) atoms. The second-order valence-electron chi connectivity index (χ2n) is 4.38. The minimum atomic E-state index is -0.320. The highest BCUT2D eigenvalue weighted by Crippen LogP contribution is 2.19. The maximum atomic E-state index is 12.3. The molecule has 94 valence electrons. The summed E-state index contributed by atoms with van der Waals surface area (Å²) in [5, 5.41) is 14.9. The summed E-state index contributed by atoms with van der Waals surface area (Å²) in [7, 11) is 1.68. The third-order valence-electron chi connectivity index (χ3n) is 3.34. The highest BCUT2D eigenvalue weighted by atomic mass is 16.4. The molecular weight excluding hydrogens is 240 g/mol. The molecule has 0 spiro atoms. The van der Waals surface area contributed by atoms with E-state index in [1.165, 1.54) is 4.57 Å². The van der Waals surface area contributed by atoms with Gasteiger partial charge in [-0.2, -0.15) is 0 Å². The fourth-order valence-electron chi connectivity index (χ4n) is 2.40. The molecule has 3 rings (SSSR count). The van der Waals surface area contributed by atoms with E-state index in [0.29, 0.717) is 5.39 Å². The van der Waals surface area contributed by atoms with Crippen LogP contribution in [0.1, 0.15) is 0 Å². The van der Waals surface area contributed by atoms with Gasteiger partial charge in [0.2, 0.25) is 0 Å². The van der Waals surface area contributed by atoms with Crippen LogP contribution in [0.5, 0.6) is 0 Å². The van der Waals surface area contributed by atoms with E-state index < -0.39 is 0 Å². The number of rotatable bonds is 0. The molecular formula is C15H12N2O2. The molecule has 1 heterocycles. The second-order valence-corrected chi connectivity index (χ2v) is 4.38. The Kier molecular flexibility index (Phi) is 2.56. The maximum Gasteiger partial charge on any atom is 0.280 e.